The van der Waals surface area contributed by atoms with Gasteiger partial charge in [-0.15, -0.1) is 0 Å². The first-order valence-electron chi connectivity index (χ1n) is 10.8. The molecule has 2 aliphatic rings. The summed E-state index contributed by atoms with van der Waals surface area (Å²) in [6.07, 6.45) is 0.333. The minimum atomic E-state index is -3.85. The number of amides is 4. The molecule has 0 aliphatic carbocycles. The van der Waals surface area contributed by atoms with Crippen molar-refractivity contribution in [1.82, 2.24) is 10.2 Å². The number of fused-ring (bicyclic) bond motifs is 1. The number of benzene rings is 2. The lowest BCUT2D eigenvalue weighted by Gasteiger charge is -2.29. The number of ether oxygens (including phenoxy) is 1. The Bertz CT molecular complexity index is 1180. The number of anilines is 1. The highest BCUT2D eigenvalue weighted by atomic mass is 19.3. The Labute approximate surface area is 194 Å². The molecule has 0 aromatic heterocycles. The minimum Gasteiger partial charge on any atom is -0.496 e. The number of hydrogen-bond donors (Lipinski definition) is 1. The normalized spacial score (nSPS) is 17.9. The molecule has 0 radical (unpaired) electrons. The third-order valence-electron chi connectivity index (χ3n) is 6.09. The van der Waals surface area contributed by atoms with E-state index in [1.807, 2.05) is 0 Å². The Morgan fingerprint density at radius 3 is 2.62 bits per heavy atom. The van der Waals surface area contributed by atoms with Crippen molar-refractivity contribution in [3.05, 3.63) is 59.2 Å². The fourth-order valence-corrected chi connectivity index (χ4v) is 4.36. The number of rotatable bonds is 6. The number of methoxy groups -OCH3 is 1. The number of likely N-dealkylation sites (N-methyl/N-ethyl adjacent to an activating group) is 1. The Hall–Kier alpha value is -3.82. The molecule has 1 saturated heterocycles. The molecule has 4 rings (SSSR count). The molecule has 2 aromatic carbocycles. The Morgan fingerprint density at radius 2 is 1.94 bits per heavy atom. The van der Waals surface area contributed by atoms with E-state index in [1.54, 1.807) is 6.92 Å². The quantitative estimate of drug-likeness (QED) is 0.654. The van der Waals surface area contributed by atoms with Crippen LogP contribution in [0.1, 0.15) is 41.3 Å². The number of alkyl halides is 2. The van der Waals surface area contributed by atoms with E-state index in [1.165, 1.54) is 48.4 Å². The van der Waals surface area contributed by atoms with Gasteiger partial charge in [0.25, 0.3) is 5.91 Å². The highest BCUT2D eigenvalue weighted by molar-refractivity contribution is 6.06. The second kappa shape index (κ2) is 8.85. The van der Waals surface area contributed by atoms with Crippen LogP contribution in [0.5, 0.6) is 5.75 Å². The Balaban J connectivity index is 1.61. The topological polar surface area (TPSA) is 96.0 Å². The number of carbonyl (C=O) groups is 4. The Kier molecular flexibility index (Phi) is 6.07. The van der Waals surface area contributed by atoms with E-state index in [0.29, 0.717) is 11.1 Å². The maximum absolute atomic E-state index is 15.2. The van der Waals surface area contributed by atoms with Crippen LogP contribution in [0.25, 0.3) is 0 Å². The first kappa shape index (κ1) is 23.3. The summed E-state index contributed by atoms with van der Waals surface area (Å²) in [6, 6.07) is 9.06. The molecule has 4 amide bonds. The van der Waals surface area contributed by atoms with E-state index in [4.69, 9.17) is 4.74 Å². The summed E-state index contributed by atoms with van der Waals surface area (Å²) < 4.78 is 35.5. The van der Waals surface area contributed by atoms with Gasteiger partial charge < -0.3 is 14.5 Å². The predicted octanol–water partition coefficient (Wildman–Crippen LogP) is 2.60. The van der Waals surface area contributed by atoms with Crippen LogP contribution >= 0.6 is 0 Å². The predicted molar refractivity (Wildman–Crippen MR) is 117 cm³/mol. The van der Waals surface area contributed by atoms with Crippen molar-refractivity contribution in [3.8, 4) is 5.75 Å². The van der Waals surface area contributed by atoms with E-state index in [0.717, 1.165) is 11.0 Å². The molecule has 34 heavy (non-hydrogen) atoms. The molecule has 2 aliphatic heterocycles. The van der Waals surface area contributed by atoms with Crippen molar-refractivity contribution in [1.29, 1.82) is 0 Å². The number of nitrogens with one attached hydrogen (secondary N) is 1. The van der Waals surface area contributed by atoms with Gasteiger partial charge in [0.2, 0.25) is 11.8 Å². The maximum atomic E-state index is 15.2. The summed E-state index contributed by atoms with van der Waals surface area (Å²) in [5, 5.41) is 2.23. The molecule has 0 spiro atoms. The van der Waals surface area contributed by atoms with Crippen molar-refractivity contribution >= 4 is 29.3 Å². The monoisotopic (exact) mass is 471 g/mol. The molecule has 0 saturated carbocycles. The zero-order chi connectivity index (χ0) is 24.6. The summed E-state index contributed by atoms with van der Waals surface area (Å²) in [5.41, 5.74) is 0.507. The number of imide groups is 1. The molecule has 1 atom stereocenters. The average Bonchev–Trinajstić information content (AvgIpc) is 3.15. The summed E-state index contributed by atoms with van der Waals surface area (Å²) in [4.78, 5) is 51.8. The van der Waals surface area contributed by atoms with Crippen LogP contribution in [0, 0.1) is 0 Å². The third-order valence-corrected chi connectivity index (χ3v) is 6.09. The van der Waals surface area contributed by atoms with Crippen LogP contribution in [-0.4, -0.2) is 48.2 Å². The van der Waals surface area contributed by atoms with Gasteiger partial charge in [-0.1, -0.05) is 12.1 Å². The van der Waals surface area contributed by atoms with Gasteiger partial charge in [0.05, 0.1) is 12.7 Å². The average molecular weight is 471 g/mol. The standard InChI is InChI=1S/C24H23F2N3O5/c1-3-28(23(33)24(25,26)17-6-4-5-7-19(17)34-2)15-8-9-16-14(12-15)13-29(22(16)32)18-10-11-20(30)27-21(18)31/h4-9,12,18H,3,10-11,13H2,1-2H3,(H,27,30,31). The van der Waals surface area contributed by atoms with Crippen molar-refractivity contribution < 1.29 is 32.7 Å². The fourth-order valence-electron chi connectivity index (χ4n) is 4.36. The molecule has 0 bridgehead atoms. The molecular formula is C24H23F2N3O5. The lowest BCUT2D eigenvalue weighted by atomic mass is 10.0. The molecule has 8 nitrogen and oxygen atoms in total. The van der Waals surface area contributed by atoms with Gasteiger partial charge in [-0.05, 0) is 49.2 Å². The third kappa shape index (κ3) is 3.89. The maximum Gasteiger partial charge on any atom is 0.353 e. The van der Waals surface area contributed by atoms with Crippen LogP contribution in [0.2, 0.25) is 0 Å². The van der Waals surface area contributed by atoms with E-state index in [-0.39, 0.29) is 49.2 Å². The first-order valence-corrected chi connectivity index (χ1v) is 10.8. The van der Waals surface area contributed by atoms with Crippen LogP contribution in [-0.2, 0) is 26.9 Å². The smallest absolute Gasteiger partial charge is 0.353 e. The van der Waals surface area contributed by atoms with Crippen molar-refractivity contribution in [3.63, 3.8) is 0 Å². The number of nitrogens with zero attached hydrogens (tertiary/aromatic N) is 2. The summed E-state index contributed by atoms with van der Waals surface area (Å²) in [7, 11) is 1.25. The summed E-state index contributed by atoms with van der Waals surface area (Å²) in [5.74, 6) is -6.69. The van der Waals surface area contributed by atoms with Crippen LogP contribution < -0.4 is 15.0 Å². The second-order valence-electron chi connectivity index (χ2n) is 8.07. The molecular weight excluding hydrogens is 448 g/mol. The number of halogens is 2. The van der Waals surface area contributed by atoms with Crippen molar-refractivity contribution in [2.45, 2.75) is 38.3 Å². The van der Waals surface area contributed by atoms with Crippen LogP contribution in [0.15, 0.2) is 42.5 Å². The molecule has 178 valence electrons. The highest BCUT2D eigenvalue weighted by Crippen LogP contribution is 2.38. The highest BCUT2D eigenvalue weighted by Gasteiger charge is 2.46. The lowest BCUT2D eigenvalue weighted by Crippen LogP contribution is -2.52. The number of hydrogen-bond acceptors (Lipinski definition) is 5. The van der Waals surface area contributed by atoms with E-state index < -0.39 is 29.3 Å². The number of para-hydroxylation sites is 1. The van der Waals surface area contributed by atoms with Crippen molar-refractivity contribution in [2.24, 2.45) is 0 Å². The van der Waals surface area contributed by atoms with E-state index >= 15 is 8.78 Å². The van der Waals surface area contributed by atoms with Crippen LogP contribution in [0.4, 0.5) is 14.5 Å². The number of carbonyl (C=O) groups excluding carboxylic acids is 4. The fraction of sp³-hybridized carbons (Fsp3) is 0.333. The SMILES string of the molecule is CCN(C(=O)C(F)(F)c1ccccc1OC)c1ccc2c(c1)CN(C1CCC(=O)NC1=O)C2=O. The largest absolute Gasteiger partial charge is 0.496 e. The second-order valence-corrected chi connectivity index (χ2v) is 8.07. The number of piperidine rings is 1. The molecule has 2 aromatic rings. The van der Waals surface area contributed by atoms with Gasteiger partial charge >= 0.3 is 11.8 Å². The molecule has 1 N–H and O–H groups in total. The Morgan fingerprint density at radius 1 is 1.21 bits per heavy atom. The molecule has 1 unspecified atom stereocenters. The summed E-state index contributed by atoms with van der Waals surface area (Å²) in [6.45, 7) is 1.61. The molecule has 2 heterocycles. The molecule has 1 fully saturated rings. The van der Waals surface area contributed by atoms with Crippen molar-refractivity contribution in [2.75, 3.05) is 18.6 Å². The van der Waals surface area contributed by atoms with E-state index in [2.05, 4.69) is 5.32 Å². The van der Waals surface area contributed by atoms with Gasteiger partial charge in [-0.2, -0.15) is 8.78 Å². The lowest BCUT2D eigenvalue weighted by molar-refractivity contribution is -0.144. The zero-order valence-corrected chi connectivity index (χ0v) is 18.6. The summed E-state index contributed by atoms with van der Waals surface area (Å²) >= 11 is 0. The molecule has 10 heteroatoms. The zero-order valence-electron chi connectivity index (χ0n) is 18.6. The first-order chi connectivity index (χ1) is 16.2. The van der Waals surface area contributed by atoms with Gasteiger partial charge in [0.15, 0.2) is 0 Å². The van der Waals surface area contributed by atoms with Crippen LogP contribution in [0.3, 0.4) is 0 Å². The van der Waals surface area contributed by atoms with Gasteiger partial charge in [0.1, 0.15) is 11.8 Å². The van der Waals surface area contributed by atoms with E-state index in [9.17, 15) is 19.2 Å². The van der Waals surface area contributed by atoms with Gasteiger partial charge in [-0.25, -0.2) is 0 Å². The van der Waals surface area contributed by atoms with Gasteiger partial charge in [-0.3, -0.25) is 24.5 Å². The minimum absolute atomic E-state index is 0.0346. The van der Waals surface area contributed by atoms with Gasteiger partial charge in [0, 0.05) is 30.8 Å².